The SMILES string of the molecule is c1ccc2cc(N(c3cc4oc5ccccc5c4cn3)c3cc4oc5ccccc5c4cn3)ccc2c1. The van der Waals surface area contributed by atoms with Gasteiger partial charge in [-0.05, 0) is 35.0 Å². The summed E-state index contributed by atoms with van der Waals surface area (Å²) < 4.78 is 12.4. The molecule has 0 bridgehead atoms. The maximum atomic E-state index is 6.19. The van der Waals surface area contributed by atoms with Crippen molar-refractivity contribution in [1.29, 1.82) is 0 Å². The second-order valence-electron chi connectivity index (χ2n) is 9.14. The van der Waals surface area contributed by atoms with Crippen molar-refractivity contribution < 1.29 is 8.83 Å². The van der Waals surface area contributed by atoms with Crippen LogP contribution in [-0.2, 0) is 0 Å². The standard InChI is InChI=1S/C32H19N3O2/c1-2-8-21-15-22(14-13-20(21)7-1)35(31-16-29-25(18-33-31)23-9-3-5-11-27(23)36-29)32-17-30-26(19-34-32)24-10-4-6-12-28(24)37-30/h1-19H. The van der Waals surface area contributed by atoms with Gasteiger partial charge in [0.2, 0.25) is 0 Å². The monoisotopic (exact) mass is 477 g/mol. The lowest BCUT2D eigenvalue weighted by Crippen LogP contribution is -2.12. The van der Waals surface area contributed by atoms with Gasteiger partial charge in [0.1, 0.15) is 34.0 Å². The zero-order valence-corrected chi connectivity index (χ0v) is 19.6. The lowest BCUT2D eigenvalue weighted by atomic mass is 10.1. The molecule has 4 aromatic carbocycles. The van der Waals surface area contributed by atoms with Crippen molar-refractivity contribution in [2.45, 2.75) is 0 Å². The number of pyridine rings is 2. The number of furan rings is 2. The summed E-state index contributed by atoms with van der Waals surface area (Å²) >= 11 is 0. The number of benzene rings is 4. The fourth-order valence-electron chi connectivity index (χ4n) is 5.16. The van der Waals surface area contributed by atoms with Crippen molar-refractivity contribution in [1.82, 2.24) is 9.97 Å². The molecule has 0 saturated heterocycles. The largest absolute Gasteiger partial charge is 0.456 e. The van der Waals surface area contributed by atoms with E-state index < -0.39 is 0 Å². The Morgan fingerprint density at radius 3 is 1.62 bits per heavy atom. The predicted molar refractivity (Wildman–Crippen MR) is 149 cm³/mol. The Hall–Kier alpha value is -5.16. The Labute approximate surface area is 211 Å². The van der Waals surface area contributed by atoms with Crippen molar-refractivity contribution in [3.05, 3.63) is 116 Å². The highest BCUT2D eigenvalue weighted by molar-refractivity contribution is 6.06. The van der Waals surface area contributed by atoms with E-state index in [-0.39, 0.29) is 0 Å². The van der Waals surface area contributed by atoms with E-state index >= 15 is 0 Å². The fraction of sp³-hybridized carbons (Fsp3) is 0. The lowest BCUT2D eigenvalue weighted by Gasteiger charge is -2.23. The summed E-state index contributed by atoms with van der Waals surface area (Å²) in [6, 6.07) is 34.7. The van der Waals surface area contributed by atoms with Gasteiger partial charge in [0.15, 0.2) is 0 Å². The Morgan fingerprint density at radius 1 is 0.459 bits per heavy atom. The van der Waals surface area contributed by atoms with Crippen molar-refractivity contribution >= 4 is 72.0 Å². The van der Waals surface area contributed by atoms with Crippen molar-refractivity contribution in [2.24, 2.45) is 0 Å². The van der Waals surface area contributed by atoms with Crippen LogP contribution in [0, 0.1) is 0 Å². The Bertz CT molecular complexity index is 2010. The summed E-state index contributed by atoms with van der Waals surface area (Å²) in [6.45, 7) is 0. The number of para-hydroxylation sites is 2. The number of fused-ring (bicyclic) bond motifs is 7. The molecule has 0 radical (unpaired) electrons. The summed E-state index contributed by atoms with van der Waals surface area (Å²) in [4.78, 5) is 11.8. The van der Waals surface area contributed by atoms with Gasteiger partial charge in [-0.15, -0.1) is 0 Å². The smallest absolute Gasteiger partial charge is 0.142 e. The van der Waals surface area contributed by atoms with Crippen molar-refractivity contribution in [2.75, 3.05) is 4.90 Å². The minimum Gasteiger partial charge on any atom is -0.456 e. The van der Waals surface area contributed by atoms with E-state index in [0.717, 1.165) is 55.0 Å². The minimum absolute atomic E-state index is 0.713. The molecule has 37 heavy (non-hydrogen) atoms. The third-order valence-electron chi connectivity index (χ3n) is 6.95. The van der Waals surface area contributed by atoms with Gasteiger partial charge in [0, 0.05) is 51.8 Å². The van der Waals surface area contributed by atoms with Crippen LogP contribution in [0.15, 0.2) is 124 Å². The number of hydrogen-bond donors (Lipinski definition) is 0. The Balaban J connectivity index is 1.37. The van der Waals surface area contributed by atoms with Gasteiger partial charge in [-0.25, -0.2) is 9.97 Å². The van der Waals surface area contributed by atoms with Gasteiger partial charge in [0.25, 0.3) is 0 Å². The van der Waals surface area contributed by atoms with Crippen molar-refractivity contribution in [3.63, 3.8) is 0 Å². The molecule has 8 aromatic rings. The van der Waals surface area contributed by atoms with E-state index in [2.05, 4.69) is 42.5 Å². The van der Waals surface area contributed by atoms with E-state index in [9.17, 15) is 0 Å². The number of aromatic nitrogens is 2. The summed E-state index contributed by atoms with van der Waals surface area (Å²) in [6.07, 6.45) is 3.76. The Kier molecular flexibility index (Phi) is 4.16. The predicted octanol–water partition coefficient (Wildman–Crippen LogP) is 8.90. The molecule has 0 unspecified atom stereocenters. The summed E-state index contributed by atoms with van der Waals surface area (Å²) in [5, 5.41) is 6.38. The third-order valence-corrected chi connectivity index (χ3v) is 6.95. The molecule has 5 heteroatoms. The number of nitrogens with zero attached hydrogens (tertiary/aromatic N) is 3. The minimum atomic E-state index is 0.713. The first-order valence-electron chi connectivity index (χ1n) is 12.2. The van der Waals surface area contributed by atoms with Crippen LogP contribution < -0.4 is 4.90 Å². The highest BCUT2D eigenvalue weighted by Gasteiger charge is 2.19. The Morgan fingerprint density at radius 2 is 1.00 bits per heavy atom. The zero-order chi connectivity index (χ0) is 24.3. The first-order chi connectivity index (χ1) is 18.3. The first-order valence-corrected chi connectivity index (χ1v) is 12.2. The molecular weight excluding hydrogens is 458 g/mol. The van der Waals surface area contributed by atoms with Crippen LogP contribution in [0.2, 0.25) is 0 Å². The fourth-order valence-corrected chi connectivity index (χ4v) is 5.16. The second-order valence-corrected chi connectivity index (χ2v) is 9.14. The summed E-state index contributed by atoms with van der Waals surface area (Å²) in [5.41, 5.74) is 4.19. The van der Waals surface area contributed by atoms with E-state index in [1.807, 2.05) is 78.0 Å². The molecule has 0 fully saturated rings. The van der Waals surface area contributed by atoms with Crippen molar-refractivity contribution in [3.8, 4) is 0 Å². The van der Waals surface area contributed by atoms with E-state index in [1.165, 1.54) is 5.39 Å². The van der Waals surface area contributed by atoms with E-state index in [1.54, 1.807) is 0 Å². The molecule has 0 saturated carbocycles. The lowest BCUT2D eigenvalue weighted by molar-refractivity contribution is 0.668. The normalized spacial score (nSPS) is 11.8. The highest BCUT2D eigenvalue weighted by atomic mass is 16.3. The van der Waals surface area contributed by atoms with Gasteiger partial charge in [-0.2, -0.15) is 0 Å². The van der Waals surface area contributed by atoms with Gasteiger partial charge in [-0.3, -0.25) is 4.90 Å². The average molecular weight is 478 g/mol. The molecule has 0 amide bonds. The maximum Gasteiger partial charge on any atom is 0.142 e. The number of hydrogen-bond acceptors (Lipinski definition) is 5. The molecule has 0 aliphatic rings. The molecule has 0 atom stereocenters. The zero-order valence-electron chi connectivity index (χ0n) is 19.6. The molecule has 0 aliphatic carbocycles. The average Bonchev–Trinajstić information content (AvgIpc) is 3.50. The summed E-state index contributed by atoms with van der Waals surface area (Å²) in [5.74, 6) is 1.43. The van der Waals surface area contributed by atoms with Crippen LogP contribution in [0.5, 0.6) is 0 Å². The molecule has 0 aliphatic heterocycles. The number of rotatable bonds is 3. The van der Waals surface area contributed by atoms with Gasteiger partial charge < -0.3 is 8.83 Å². The topological polar surface area (TPSA) is 55.3 Å². The highest BCUT2D eigenvalue weighted by Crippen LogP contribution is 2.39. The summed E-state index contributed by atoms with van der Waals surface area (Å²) in [7, 11) is 0. The first kappa shape index (κ1) is 20.1. The van der Waals surface area contributed by atoms with Crippen LogP contribution in [0.25, 0.3) is 54.6 Å². The second kappa shape index (κ2) is 7.67. The van der Waals surface area contributed by atoms with Crippen LogP contribution in [0.1, 0.15) is 0 Å². The molecule has 4 heterocycles. The van der Waals surface area contributed by atoms with Gasteiger partial charge >= 0.3 is 0 Å². The molecule has 8 rings (SSSR count). The van der Waals surface area contributed by atoms with Crippen LogP contribution >= 0.6 is 0 Å². The van der Waals surface area contributed by atoms with E-state index in [4.69, 9.17) is 18.8 Å². The molecule has 4 aromatic heterocycles. The molecular formula is C32H19N3O2. The van der Waals surface area contributed by atoms with Crippen LogP contribution in [0.4, 0.5) is 17.3 Å². The number of anilines is 3. The van der Waals surface area contributed by atoms with Crippen LogP contribution in [-0.4, -0.2) is 9.97 Å². The maximum absolute atomic E-state index is 6.19. The quantitative estimate of drug-likeness (QED) is 0.254. The third kappa shape index (κ3) is 3.11. The molecule has 5 nitrogen and oxygen atoms in total. The molecule has 0 spiro atoms. The molecule has 174 valence electrons. The van der Waals surface area contributed by atoms with Gasteiger partial charge in [-0.1, -0.05) is 66.7 Å². The van der Waals surface area contributed by atoms with Crippen LogP contribution in [0.3, 0.4) is 0 Å². The molecule has 0 N–H and O–H groups in total. The van der Waals surface area contributed by atoms with Gasteiger partial charge in [0.05, 0.1) is 0 Å². The van der Waals surface area contributed by atoms with E-state index in [0.29, 0.717) is 11.6 Å².